The van der Waals surface area contributed by atoms with E-state index in [0.717, 1.165) is 54.6 Å². The molecule has 10 heteroatoms. The number of rotatable bonds is 9. The van der Waals surface area contributed by atoms with E-state index < -0.39 is 11.6 Å². The minimum atomic E-state index is -1.19. The van der Waals surface area contributed by atoms with Crippen LogP contribution in [0.4, 0.5) is 5.69 Å². The van der Waals surface area contributed by atoms with E-state index in [1.807, 2.05) is 29.5 Å². The van der Waals surface area contributed by atoms with Gasteiger partial charge in [-0.15, -0.1) is 11.3 Å². The number of aromatic nitrogens is 1. The van der Waals surface area contributed by atoms with Crippen LogP contribution in [0.3, 0.4) is 0 Å². The van der Waals surface area contributed by atoms with Crippen LogP contribution in [0.25, 0.3) is 10.2 Å². The first-order chi connectivity index (χ1) is 20.8. The molecule has 8 rings (SSSR count). The molecule has 4 aliphatic heterocycles. The van der Waals surface area contributed by atoms with Gasteiger partial charge in [0.05, 0.1) is 64.4 Å². The molecule has 44 heavy (non-hydrogen) atoms. The standard InChI is InChI=1S/C34H48N4O5S/c1-21(42-18-33-11-9-22(10-12-33)43-19-33)28(32(4,5)41)36-29(39)24-14-37(26-8-6-7-25-27(26)44-20-35-25)15-34(24)16-38(17-34)30(40)23-13-31(23,2)3/h6-8,20-24,28,41H,9-19H2,1-5H3,(H,36,39)/t21-,22?,23-,24-,28?,33?/m1/s1. The maximum atomic E-state index is 14.3. The first-order valence-electron chi connectivity index (χ1n) is 16.4. The number of fused-ring (bicyclic) bond motifs is 4. The molecule has 6 aliphatic rings. The SMILES string of the molecule is C[C@@H](OCC12CCC(CC1)OC2)C(NC(=O)[C@H]1CN(c2cccc3ncsc23)CC12CN(C(=O)[C@H]1CC1(C)C)C2)C(C)(C)O. The van der Waals surface area contributed by atoms with E-state index >= 15 is 0 Å². The highest BCUT2D eigenvalue weighted by molar-refractivity contribution is 7.17. The molecule has 2 aliphatic carbocycles. The third-order valence-electron chi connectivity index (χ3n) is 11.6. The molecule has 4 atom stereocenters. The first kappa shape index (κ1) is 30.4. The predicted molar refractivity (Wildman–Crippen MR) is 171 cm³/mol. The number of carbonyl (C=O) groups is 2. The molecule has 4 saturated heterocycles. The average Bonchev–Trinajstić information content (AvgIpc) is 3.31. The van der Waals surface area contributed by atoms with Crippen LogP contribution >= 0.6 is 11.3 Å². The number of likely N-dealkylation sites (tertiary alicyclic amines) is 1. The summed E-state index contributed by atoms with van der Waals surface area (Å²) in [7, 11) is 0. The van der Waals surface area contributed by atoms with Gasteiger partial charge in [-0.1, -0.05) is 19.9 Å². The Bertz CT molecular complexity index is 1410. The zero-order chi connectivity index (χ0) is 31.1. The third-order valence-corrected chi connectivity index (χ3v) is 12.4. The Labute approximate surface area is 264 Å². The largest absolute Gasteiger partial charge is 0.388 e. The van der Waals surface area contributed by atoms with Crippen molar-refractivity contribution in [3.05, 3.63) is 23.7 Å². The lowest BCUT2D eigenvalue weighted by Crippen LogP contribution is -2.66. The highest BCUT2D eigenvalue weighted by Gasteiger charge is 2.61. The molecule has 2 saturated carbocycles. The van der Waals surface area contributed by atoms with Gasteiger partial charge >= 0.3 is 0 Å². The quantitative estimate of drug-likeness (QED) is 0.431. The molecule has 2 aromatic rings. The minimum absolute atomic E-state index is 0.0307. The van der Waals surface area contributed by atoms with Crippen LogP contribution in [0, 0.1) is 28.1 Å². The Morgan fingerprint density at radius 3 is 2.57 bits per heavy atom. The number of carbonyl (C=O) groups excluding carboxylic acids is 2. The number of hydrogen-bond acceptors (Lipinski definition) is 8. The number of nitrogens with zero attached hydrogens (tertiary/aromatic N) is 3. The van der Waals surface area contributed by atoms with Crippen LogP contribution < -0.4 is 10.2 Å². The topological polar surface area (TPSA) is 104 Å². The summed E-state index contributed by atoms with van der Waals surface area (Å²) in [5, 5.41) is 14.5. The van der Waals surface area contributed by atoms with Gasteiger partial charge in [0, 0.05) is 42.9 Å². The molecule has 1 unspecified atom stereocenters. The van der Waals surface area contributed by atoms with Crippen molar-refractivity contribution in [2.75, 3.05) is 44.3 Å². The van der Waals surface area contributed by atoms with Gasteiger partial charge in [0.1, 0.15) is 0 Å². The smallest absolute Gasteiger partial charge is 0.226 e. The summed E-state index contributed by atoms with van der Waals surface area (Å²) >= 11 is 1.62. The Morgan fingerprint density at radius 2 is 1.93 bits per heavy atom. The van der Waals surface area contributed by atoms with Gasteiger partial charge in [-0.05, 0) is 70.4 Å². The van der Waals surface area contributed by atoms with E-state index in [1.54, 1.807) is 25.2 Å². The highest BCUT2D eigenvalue weighted by Crippen LogP contribution is 2.55. The lowest BCUT2D eigenvalue weighted by Gasteiger charge is -2.51. The van der Waals surface area contributed by atoms with Crippen molar-refractivity contribution < 1.29 is 24.2 Å². The van der Waals surface area contributed by atoms with Gasteiger partial charge in [0.15, 0.2) is 0 Å². The zero-order valence-corrected chi connectivity index (χ0v) is 27.6. The molecule has 2 N–H and O–H groups in total. The van der Waals surface area contributed by atoms with Gasteiger partial charge < -0.3 is 29.7 Å². The van der Waals surface area contributed by atoms with Crippen LogP contribution in [-0.2, 0) is 19.1 Å². The van der Waals surface area contributed by atoms with Crippen LogP contribution in [-0.4, -0.2) is 90.0 Å². The van der Waals surface area contributed by atoms with Gasteiger partial charge in [0.25, 0.3) is 0 Å². The van der Waals surface area contributed by atoms with Crippen LogP contribution in [0.15, 0.2) is 23.7 Å². The van der Waals surface area contributed by atoms with E-state index in [-0.39, 0.29) is 46.0 Å². The summed E-state index contributed by atoms with van der Waals surface area (Å²) < 4.78 is 13.6. The number of nitrogens with one attached hydrogen (secondary N) is 1. The molecule has 1 aromatic carbocycles. The third kappa shape index (κ3) is 5.33. The van der Waals surface area contributed by atoms with Gasteiger partial charge in [-0.2, -0.15) is 0 Å². The average molecular weight is 625 g/mol. The number of amides is 2. The number of aliphatic hydroxyl groups is 1. The Morgan fingerprint density at radius 1 is 1.20 bits per heavy atom. The molecule has 6 fully saturated rings. The fraction of sp³-hybridized carbons (Fsp3) is 0.735. The summed E-state index contributed by atoms with van der Waals surface area (Å²) in [5.74, 6) is -0.110. The zero-order valence-electron chi connectivity index (χ0n) is 26.8. The second kappa shape index (κ2) is 10.6. The molecule has 1 spiro atoms. The number of anilines is 1. The lowest BCUT2D eigenvalue weighted by atomic mass is 9.70. The second-order valence-corrected chi connectivity index (χ2v) is 16.7. The first-order valence-corrected chi connectivity index (χ1v) is 17.3. The molecule has 240 valence electrons. The Balaban J connectivity index is 1.09. The number of benzene rings is 1. The minimum Gasteiger partial charge on any atom is -0.388 e. The molecular formula is C34H48N4O5S. The summed E-state index contributed by atoms with van der Waals surface area (Å²) in [6.07, 6.45) is 5.30. The maximum Gasteiger partial charge on any atom is 0.226 e. The van der Waals surface area contributed by atoms with E-state index in [0.29, 0.717) is 38.9 Å². The summed E-state index contributed by atoms with van der Waals surface area (Å²) in [6.45, 7) is 13.4. The molecule has 0 radical (unpaired) electrons. The van der Waals surface area contributed by atoms with Crippen molar-refractivity contribution in [2.45, 2.75) is 90.6 Å². The molecule has 2 amide bonds. The fourth-order valence-corrected chi connectivity index (χ4v) is 9.29. The summed E-state index contributed by atoms with van der Waals surface area (Å²) in [6, 6.07) is 5.57. The summed E-state index contributed by atoms with van der Waals surface area (Å²) in [5.41, 5.74) is 2.48. The van der Waals surface area contributed by atoms with Crippen molar-refractivity contribution in [3.8, 4) is 0 Å². The molecule has 1 aromatic heterocycles. The van der Waals surface area contributed by atoms with Crippen molar-refractivity contribution in [3.63, 3.8) is 0 Å². The normalized spacial score (nSPS) is 31.6. The van der Waals surface area contributed by atoms with E-state index in [9.17, 15) is 14.7 Å². The van der Waals surface area contributed by atoms with Gasteiger partial charge in [-0.3, -0.25) is 9.59 Å². The predicted octanol–water partition coefficient (Wildman–Crippen LogP) is 4.23. The maximum absolute atomic E-state index is 14.3. The van der Waals surface area contributed by atoms with Crippen LogP contribution in [0.1, 0.15) is 66.7 Å². The molecule has 9 nitrogen and oxygen atoms in total. The van der Waals surface area contributed by atoms with E-state index in [4.69, 9.17) is 9.47 Å². The van der Waals surface area contributed by atoms with Gasteiger partial charge in [0.2, 0.25) is 11.8 Å². The summed E-state index contributed by atoms with van der Waals surface area (Å²) in [4.78, 5) is 36.4. The fourth-order valence-electron chi connectivity index (χ4n) is 8.45. The Kier molecular flexibility index (Phi) is 7.35. The monoisotopic (exact) mass is 624 g/mol. The highest BCUT2D eigenvalue weighted by atomic mass is 32.1. The van der Waals surface area contributed by atoms with Crippen molar-refractivity contribution >= 4 is 39.1 Å². The Hall–Kier alpha value is -2.27. The van der Waals surface area contributed by atoms with Crippen molar-refractivity contribution in [1.82, 2.24) is 15.2 Å². The van der Waals surface area contributed by atoms with Crippen molar-refractivity contribution in [1.29, 1.82) is 0 Å². The van der Waals surface area contributed by atoms with Crippen LogP contribution in [0.5, 0.6) is 0 Å². The van der Waals surface area contributed by atoms with E-state index in [2.05, 4.69) is 35.1 Å². The van der Waals surface area contributed by atoms with Crippen molar-refractivity contribution in [2.24, 2.45) is 28.1 Å². The molecule has 5 heterocycles. The number of thiazole rings is 1. The number of hydrogen-bond donors (Lipinski definition) is 2. The van der Waals surface area contributed by atoms with E-state index in [1.165, 1.54) is 0 Å². The van der Waals surface area contributed by atoms with Crippen LogP contribution in [0.2, 0.25) is 0 Å². The second-order valence-electron chi connectivity index (χ2n) is 15.9. The molecule has 2 bridgehead atoms. The van der Waals surface area contributed by atoms with Gasteiger partial charge in [-0.25, -0.2) is 4.98 Å². The lowest BCUT2D eigenvalue weighted by molar-refractivity contribution is -0.160. The number of ether oxygens (including phenoxy) is 2. The molecular weight excluding hydrogens is 576 g/mol.